The van der Waals surface area contributed by atoms with Crippen LogP contribution < -0.4 is 4.90 Å². The van der Waals surface area contributed by atoms with Crippen molar-refractivity contribution >= 4 is 63.3 Å². The third kappa shape index (κ3) is 5.81. The van der Waals surface area contributed by atoms with Gasteiger partial charge in [0.1, 0.15) is 6.07 Å². The SMILES string of the molecule is N#CC(=Cc1ccc(N(c2ccc(Br)cc2)c2ccc(Br)cc2)cc1)O[PH](=O)O. The quantitative estimate of drug-likeness (QED) is 0.211. The molecule has 3 rings (SSSR count). The van der Waals surface area contributed by atoms with E-state index in [0.717, 1.165) is 26.0 Å². The lowest BCUT2D eigenvalue weighted by Gasteiger charge is -2.25. The van der Waals surface area contributed by atoms with Gasteiger partial charge in [0.25, 0.3) is 0 Å². The summed E-state index contributed by atoms with van der Waals surface area (Å²) in [7, 11) is -3.22. The number of nitrogens with zero attached hydrogens (tertiary/aromatic N) is 2. The van der Waals surface area contributed by atoms with Crippen LogP contribution in [0.3, 0.4) is 0 Å². The zero-order chi connectivity index (χ0) is 20.8. The molecule has 0 aliphatic carbocycles. The van der Waals surface area contributed by atoms with Crippen molar-refractivity contribution in [1.29, 1.82) is 5.26 Å². The van der Waals surface area contributed by atoms with E-state index in [4.69, 9.17) is 10.2 Å². The van der Waals surface area contributed by atoms with Gasteiger partial charge in [0.05, 0.1) is 0 Å². The van der Waals surface area contributed by atoms with Crippen LogP contribution in [0.15, 0.2) is 87.5 Å². The van der Waals surface area contributed by atoms with Crippen molar-refractivity contribution in [3.05, 3.63) is 93.1 Å². The highest BCUT2D eigenvalue weighted by atomic mass is 79.9. The molecule has 8 heteroatoms. The molecule has 5 nitrogen and oxygen atoms in total. The number of nitriles is 1. The first-order valence-corrected chi connectivity index (χ1v) is 11.2. The van der Waals surface area contributed by atoms with Crippen molar-refractivity contribution in [3.8, 4) is 6.07 Å². The van der Waals surface area contributed by atoms with Crippen molar-refractivity contribution in [2.75, 3.05) is 4.90 Å². The number of hydrogen-bond acceptors (Lipinski definition) is 4. The summed E-state index contributed by atoms with van der Waals surface area (Å²) in [5.41, 5.74) is 3.57. The molecule has 146 valence electrons. The van der Waals surface area contributed by atoms with Crippen LogP contribution in [-0.2, 0) is 9.09 Å². The Morgan fingerprint density at radius 3 is 1.69 bits per heavy atom. The van der Waals surface area contributed by atoms with Gasteiger partial charge in [-0.2, -0.15) is 5.26 Å². The minimum atomic E-state index is -3.22. The summed E-state index contributed by atoms with van der Waals surface area (Å²) in [5, 5.41) is 9.03. The normalized spacial score (nSPS) is 12.1. The van der Waals surface area contributed by atoms with Crippen molar-refractivity contribution in [2.24, 2.45) is 0 Å². The van der Waals surface area contributed by atoms with E-state index in [1.807, 2.05) is 72.8 Å². The standard InChI is InChI=1S/C21H15Br2N2O3P/c22-16-3-9-19(10-4-16)25(20-11-5-17(23)6-12-20)18-7-1-15(2-8-18)13-21(14-24)28-29(26)27/h1-13,29H,(H,26,27). The monoisotopic (exact) mass is 532 g/mol. The van der Waals surface area contributed by atoms with Gasteiger partial charge in [-0.25, -0.2) is 4.57 Å². The molecule has 29 heavy (non-hydrogen) atoms. The van der Waals surface area contributed by atoms with Gasteiger partial charge in [0, 0.05) is 26.0 Å². The Morgan fingerprint density at radius 2 is 1.31 bits per heavy atom. The lowest BCUT2D eigenvalue weighted by molar-refractivity contribution is 0.365. The second-order valence-electron chi connectivity index (χ2n) is 5.87. The molecule has 0 aliphatic heterocycles. The lowest BCUT2D eigenvalue weighted by Crippen LogP contribution is -2.09. The molecule has 0 spiro atoms. The Morgan fingerprint density at radius 1 is 0.897 bits per heavy atom. The van der Waals surface area contributed by atoms with Crippen LogP contribution >= 0.6 is 40.1 Å². The zero-order valence-corrected chi connectivity index (χ0v) is 19.1. The molecule has 0 saturated carbocycles. The summed E-state index contributed by atoms with van der Waals surface area (Å²) >= 11 is 6.93. The Hall–Kier alpha value is -2.36. The van der Waals surface area contributed by atoms with Gasteiger partial charge < -0.3 is 14.3 Å². The molecule has 0 aromatic heterocycles. The summed E-state index contributed by atoms with van der Waals surface area (Å²) in [5.74, 6) is -0.207. The Balaban J connectivity index is 1.99. The van der Waals surface area contributed by atoms with E-state index < -0.39 is 8.25 Å². The van der Waals surface area contributed by atoms with E-state index in [1.54, 1.807) is 6.07 Å². The fourth-order valence-electron chi connectivity index (χ4n) is 2.68. The average molecular weight is 534 g/mol. The molecule has 0 fully saturated rings. The molecule has 0 saturated heterocycles. The van der Waals surface area contributed by atoms with Gasteiger partial charge in [0.15, 0.2) is 0 Å². The molecule has 1 unspecified atom stereocenters. The van der Waals surface area contributed by atoms with Crippen molar-refractivity contribution in [1.82, 2.24) is 0 Å². The van der Waals surface area contributed by atoms with E-state index in [1.165, 1.54) is 6.08 Å². The molecular weight excluding hydrogens is 519 g/mol. The largest absolute Gasteiger partial charge is 0.415 e. The van der Waals surface area contributed by atoms with Gasteiger partial charge in [0.2, 0.25) is 5.76 Å². The maximum atomic E-state index is 10.8. The average Bonchev–Trinajstić information content (AvgIpc) is 2.71. The van der Waals surface area contributed by atoms with Gasteiger partial charge in [-0.3, -0.25) is 0 Å². The second-order valence-corrected chi connectivity index (χ2v) is 8.44. The van der Waals surface area contributed by atoms with Gasteiger partial charge >= 0.3 is 8.25 Å². The van der Waals surface area contributed by atoms with Crippen LogP contribution in [0, 0.1) is 11.3 Å². The first-order chi connectivity index (χ1) is 14.0. The first-order valence-electron chi connectivity index (χ1n) is 8.40. The minimum Gasteiger partial charge on any atom is -0.415 e. The molecule has 1 atom stereocenters. The number of hydrogen-bond donors (Lipinski definition) is 1. The second kappa shape index (κ2) is 9.91. The maximum absolute atomic E-state index is 10.8. The molecule has 0 heterocycles. The third-order valence-electron chi connectivity index (χ3n) is 3.93. The number of benzene rings is 3. The van der Waals surface area contributed by atoms with Crippen LogP contribution in [-0.4, -0.2) is 4.89 Å². The van der Waals surface area contributed by atoms with E-state index in [9.17, 15) is 4.57 Å². The van der Waals surface area contributed by atoms with Crippen molar-refractivity contribution in [2.45, 2.75) is 0 Å². The van der Waals surface area contributed by atoms with Crippen molar-refractivity contribution < 1.29 is 14.0 Å². The smallest absolute Gasteiger partial charge is 0.365 e. The zero-order valence-electron chi connectivity index (χ0n) is 14.9. The number of anilines is 3. The van der Waals surface area contributed by atoms with Crippen LogP contribution in [0.25, 0.3) is 6.08 Å². The Kier molecular flexibility index (Phi) is 7.29. The minimum absolute atomic E-state index is 0.207. The highest BCUT2D eigenvalue weighted by Gasteiger charge is 2.12. The first kappa shape index (κ1) is 21.4. The summed E-state index contributed by atoms with van der Waals surface area (Å²) < 4.78 is 17.4. The van der Waals surface area contributed by atoms with Crippen LogP contribution in [0.1, 0.15) is 5.56 Å². The topological polar surface area (TPSA) is 73.6 Å². The molecule has 3 aromatic rings. The molecule has 0 amide bonds. The van der Waals surface area contributed by atoms with Crippen molar-refractivity contribution in [3.63, 3.8) is 0 Å². The molecular formula is C21H15Br2N2O3P. The predicted molar refractivity (Wildman–Crippen MR) is 122 cm³/mol. The molecule has 0 radical (unpaired) electrons. The van der Waals surface area contributed by atoms with E-state index in [0.29, 0.717) is 5.56 Å². The van der Waals surface area contributed by atoms with Gasteiger partial charge in [-0.15, -0.1) is 0 Å². The van der Waals surface area contributed by atoms with Gasteiger partial charge in [-0.1, -0.05) is 44.0 Å². The fourth-order valence-corrected chi connectivity index (χ4v) is 3.50. The molecule has 0 bridgehead atoms. The summed E-state index contributed by atoms with van der Waals surface area (Å²) in [4.78, 5) is 11.0. The molecule has 3 aromatic carbocycles. The highest BCUT2D eigenvalue weighted by molar-refractivity contribution is 9.10. The van der Waals surface area contributed by atoms with Crippen LogP contribution in [0.5, 0.6) is 0 Å². The highest BCUT2D eigenvalue weighted by Crippen LogP contribution is 2.36. The molecule has 1 N–H and O–H groups in total. The fraction of sp³-hybridized carbons (Fsp3) is 0. The van der Waals surface area contributed by atoms with E-state index in [-0.39, 0.29) is 5.76 Å². The van der Waals surface area contributed by atoms with Gasteiger partial charge in [-0.05, 0) is 72.3 Å². The third-order valence-corrected chi connectivity index (χ3v) is 5.38. The summed E-state index contributed by atoms with van der Waals surface area (Å²) in [6.45, 7) is 0. The number of allylic oxidation sites excluding steroid dienone is 1. The number of halogens is 2. The van der Waals surface area contributed by atoms with Crippen LogP contribution in [0.4, 0.5) is 17.1 Å². The maximum Gasteiger partial charge on any atom is 0.365 e. The lowest BCUT2D eigenvalue weighted by atomic mass is 10.1. The Labute approximate surface area is 186 Å². The number of rotatable bonds is 6. The summed E-state index contributed by atoms with van der Waals surface area (Å²) in [6.07, 6.45) is 1.42. The Bertz CT molecular complexity index is 1030. The summed E-state index contributed by atoms with van der Waals surface area (Å²) in [6, 6.07) is 25.2. The molecule has 0 aliphatic rings. The predicted octanol–water partition coefficient (Wildman–Crippen LogP) is 6.94. The van der Waals surface area contributed by atoms with E-state index in [2.05, 4.69) is 41.3 Å². The van der Waals surface area contributed by atoms with Crippen LogP contribution in [0.2, 0.25) is 0 Å². The van der Waals surface area contributed by atoms with E-state index >= 15 is 0 Å².